The van der Waals surface area contributed by atoms with Gasteiger partial charge in [0.15, 0.2) is 11.5 Å². The number of rotatable bonds is 1. The summed E-state index contributed by atoms with van der Waals surface area (Å²) in [5.74, 6) is -0.779. The van der Waals surface area contributed by atoms with E-state index in [1.54, 1.807) is 6.07 Å². The Morgan fingerprint density at radius 2 is 2.32 bits per heavy atom. The first-order chi connectivity index (χ1) is 12.1. The smallest absolute Gasteiger partial charge is 0.165 e. The lowest BCUT2D eigenvalue weighted by Gasteiger charge is -2.56. The fourth-order valence-corrected chi connectivity index (χ4v) is 4.49. The quantitative estimate of drug-likeness (QED) is 0.799. The predicted octanol–water partition coefficient (Wildman–Crippen LogP) is 1.50. The lowest BCUT2D eigenvalue weighted by Crippen LogP contribution is -2.64. The Bertz CT molecular complexity index is 876. The van der Waals surface area contributed by atoms with E-state index in [1.807, 2.05) is 18.0 Å². The molecule has 0 aromatic heterocycles. The number of ether oxygens (including phenoxy) is 2. The van der Waals surface area contributed by atoms with Gasteiger partial charge in [-0.2, -0.15) is 0 Å². The predicted molar refractivity (Wildman–Crippen MR) is 82.5 cm³/mol. The highest BCUT2D eigenvalue weighted by atomic mass is 16.5. The van der Waals surface area contributed by atoms with Gasteiger partial charge in [0.05, 0.1) is 9.85 Å². The third-order valence-corrected chi connectivity index (χ3v) is 5.50. The van der Waals surface area contributed by atoms with Crippen LogP contribution in [0.1, 0.15) is 23.0 Å². The van der Waals surface area contributed by atoms with Crippen molar-refractivity contribution in [2.75, 3.05) is 20.7 Å². The molecule has 4 nitrogen and oxygen atoms in total. The Hall–Kier alpha value is -1.52. The van der Waals surface area contributed by atoms with E-state index in [2.05, 4.69) is 0 Å². The summed E-state index contributed by atoms with van der Waals surface area (Å²) in [6, 6.07) is 2.27. The fraction of sp³-hybridized carbons (Fsp3) is 0.556. The molecule has 4 heteroatoms. The average Bonchev–Trinajstić information content (AvgIpc) is 2.87. The highest BCUT2D eigenvalue weighted by Crippen LogP contribution is 2.62. The summed E-state index contributed by atoms with van der Waals surface area (Å²) in [5, 5.41) is 10.8. The summed E-state index contributed by atoms with van der Waals surface area (Å²) in [7, 11) is 3.32. The van der Waals surface area contributed by atoms with Crippen molar-refractivity contribution < 1.29 is 20.1 Å². The number of likely N-dealkylation sites (tertiary alicyclic amines) is 1. The van der Waals surface area contributed by atoms with Crippen molar-refractivity contribution in [2.45, 2.75) is 36.4 Å². The van der Waals surface area contributed by atoms with Crippen LogP contribution in [0.3, 0.4) is 0 Å². The molecule has 1 aromatic carbocycles. The third kappa shape index (κ3) is 1.28. The van der Waals surface area contributed by atoms with Gasteiger partial charge < -0.3 is 19.5 Å². The molecule has 2 aliphatic carbocycles. The molecular weight excluding hydrogens is 278 g/mol. The van der Waals surface area contributed by atoms with Gasteiger partial charge in [-0.05, 0) is 38.1 Å². The van der Waals surface area contributed by atoms with Gasteiger partial charge in [0.2, 0.25) is 0 Å². The lowest BCUT2D eigenvalue weighted by molar-refractivity contribution is -0.0453. The number of aliphatic hydroxyl groups is 1. The highest BCUT2D eigenvalue weighted by molar-refractivity contribution is 5.62. The van der Waals surface area contributed by atoms with E-state index in [4.69, 9.17) is 12.2 Å². The Morgan fingerprint density at radius 3 is 3.14 bits per heavy atom. The minimum Gasteiger partial charge on any atom is -0.493 e. The minimum absolute atomic E-state index is 0.307. The van der Waals surface area contributed by atoms with Gasteiger partial charge in [-0.25, -0.2) is 0 Å². The van der Waals surface area contributed by atoms with Gasteiger partial charge in [-0.1, -0.05) is 18.2 Å². The zero-order valence-electron chi connectivity index (χ0n) is 16.6. The maximum Gasteiger partial charge on any atom is 0.165 e. The van der Waals surface area contributed by atoms with Crippen LogP contribution >= 0.6 is 0 Å². The van der Waals surface area contributed by atoms with Crippen molar-refractivity contribution in [2.24, 2.45) is 5.89 Å². The van der Waals surface area contributed by atoms with E-state index >= 15 is 0 Å². The molecule has 1 N–H and O–H groups in total. The molecule has 5 atom stereocenters. The summed E-state index contributed by atoms with van der Waals surface area (Å²) in [4.78, 5) is 1.84. The van der Waals surface area contributed by atoms with Crippen molar-refractivity contribution >= 4 is 0 Å². The first kappa shape index (κ1) is 9.58. The highest BCUT2D eigenvalue weighted by Gasteiger charge is 2.64. The first-order valence-electron chi connectivity index (χ1n) is 9.61. The van der Waals surface area contributed by atoms with Crippen molar-refractivity contribution in [1.82, 2.24) is 4.90 Å². The van der Waals surface area contributed by atoms with Crippen LogP contribution in [-0.2, 0) is 11.8 Å². The molecule has 116 valence electrons. The number of nitrogens with zero attached hydrogens (tertiary/aromatic N) is 1. The maximum absolute atomic E-state index is 10.8. The molecule has 1 spiro atoms. The molecule has 0 saturated carbocycles. The molecule has 22 heavy (non-hydrogen) atoms. The van der Waals surface area contributed by atoms with Crippen LogP contribution in [0.5, 0.6) is 11.5 Å². The topological polar surface area (TPSA) is 41.9 Å². The van der Waals surface area contributed by atoms with Crippen LogP contribution in [0, 0.1) is 5.89 Å². The van der Waals surface area contributed by atoms with Gasteiger partial charge in [0.25, 0.3) is 0 Å². The Kier molecular flexibility index (Phi) is 1.77. The van der Waals surface area contributed by atoms with Crippen LogP contribution in [0.4, 0.5) is 0 Å². The largest absolute Gasteiger partial charge is 0.493 e. The van der Waals surface area contributed by atoms with Gasteiger partial charge >= 0.3 is 0 Å². The molecule has 2 heterocycles. The van der Waals surface area contributed by atoms with Gasteiger partial charge in [0, 0.05) is 25.6 Å². The van der Waals surface area contributed by atoms with Crippen LogP contribution in [0.25, 0.3) is 0 Å². The van der Waals surface area contributed by atoms with Crippen molar-refractivity contribution in [3.05, 3.63) is 35.4 Å². The van der Waals surface area contributed by atoms with Crippen LogP contribution < -0.4 is 9.47 Å². The molecular formula is C18H21NO3. The summed E-state index contributed by atoms with van der Waals surface area (Å²) < 4.78 is 47.5. The van der Waals surface area contributed by atoms with Crippen LogP contribution in [0.2, 0.25) is 0 Å². The standard InChI is InChI=1S/C18H21NO3/c1-19-8-7-18-11-4-5-13(20)17(18)22-16-14(21-2)6-3-10(15(16)18)9-12(11)19/h3-6,11-13,17,20H,7-9H2,1-2H3/t11-,12+,13?,17?,18-/m0/s1/i11D,12D,13D,17D. The molecule has 4 aliphatic rings. The van der Waals surface area contributed by atoms with Gasteiger partial charge in [-0.15, -0.1) is 0 Å². The zero-order valence-corrected chi connectivity index (χ0v) is 12.6. The maximum atomic E-state index is 10.8. The third-order valence-electron chi connectivity index (χ3n) is 5.50. The molecule has 0 amide bonds. The monoisotopic (exact) mass is 303 g/mol. The number of benzene rings is 1. The lowest BCUT2D eigenvalue weighted by atomic mass is 9.53. The van der Waals surface area contributed by atoms with E-state index in [1.165, 1.54) is 13.2 Å². The number of piperidine rings is 1. The molecule has 1 fully saturated rings. The van der Waals surface area contributed by atoms with Gasteiger partial charge in [0.1, 0.15) is 12.2 Å². The average molecular weight is 303 g/mol. The van der Waals surface area contributed by atoms with Crippen LogP contribution in [-0.4, -0.2) is 48.9 Å². The molecule has 5 rings (SSSR count). The zero-order chi connectivity index (χ0) is 18.8. The molecule has 1 aromatic rings. The second-order valence-corrected chi connectivity index (χ2v) is 6.39. The molecule has 2 unspecified atom stereocenters. The van der Waals surface area contributed by atoms with E-state index in [0.29, 0.717) is 36.4 Å². The molecule has 2 aliphatic heterocycles. The second kappa shape index (κ2) is 4.06. The van der Waals surface area contributed by atoms with Gasteiger partial charge in [-0.3, -0.25) is 0 Å². The van der Waals surface area contributed by atoms with E-state index in [0.717, 1.165) is 11.6 Å². The summed E-state index contributed by atoms with van der Waals surface area (Å²) in [5.41, 5.74) is 0.162. The number of hydrogen-bond donors (Lipinski definition) is 1. The number of methoxy groups -OCH3 is 1. The van der Waals surface area contributed by atoms with E-state index in [-0.39, 0.29) is 0 Å². The SMILES string of the molecule is [2H]C1(O)C=C[C@@]2([2H])[C@@]3([2H])Cc4ccc(OC)c5c4[C@@]2(CCN3C)C1([2H])O5. The molecule has 1 saturated heterocycles. The minimum atomic E-state index is -2.34. The van der Waals surface area contributed by atoms with E-state index in [9.17, 15) is 7.85 Å². The fourth-order valence-electron chi connectivity index (χ4n) is 4.49. The Morgan fingerprint density at radius 1 is 1.45 bits per heavy atom. The number of likely N-dealkylation sites (N-methyl/N-ethyl adjacent to an activating group) is 1. The van der Waals surface area contributed by atoms with Crippen molar-refractivity contribution in [3.63, 3.8) is 0 Å². The summed E-state index contributed by atoms with van der Waals surface area (Å²) in [6.45, 7) is 0.480. The Labute approximate surface area is 135 Å². The van der Waals surface area contributed by atoms with Crippen LogP contribution in [0.15, 0.2) is 24.3 Å². The summed E-state index contributed by atoms with van der Waals surface area (Å²) in [6.07, 6.45) is -1.21. The Balaban J connectivity index is 1.96. The number of hydrogen-bond acceptors (Lipinski definition) is 4. The van der Waals surface area contributed by atoms with Crippen molar-refractivity contribution in [3.8, 4) is 11.5 Å². The first-order valence-corrected chi connectivity index (χ1v) is 7.61. The second-order valence-electron chi connectivity index (χ2n) is 6.39. The normalized spacial score (nSPS) is 57.0. The van der Waals surface area contributed by atoms with Crippen molar-refractivity contribution in [1.29, 1.82) is 0 Å². The van der Waals surface area contributed by atoms with E-state index < -0.39 is 29.5 Å². The molecule has 2 bridgehead atoms. The molecule has 0 radical (unpaired) electrons. The summed E-state index contributed by atoms with van der Waals surface area (Å²) >= 11 is 0.